The van der Waals surface area contributed by atoms with Crippen LogP contribution in [0.3, 0.4) is 0 Å². The minimum Gasteiger partial charge on any atom is -0.377 e. The molecule has 0 spiro atoms. The average molecular weight is 335 g/mol. The lowest BCUT2D eigenvalue weighted by Crippen LogP contribution is -2.51. The first kappa shape index (κ1) is 16.6. The largest absolute Gasteiger partial charge is 0.377 e. The van der Waals surface area contributed by atoms with Gasteiger partial charge in [0.15, 0.2) is 0 Å². The Kier molecular flexibility index (Phi) is 5.80. The highest BCUT2D eigenvalue weighted by Gasteiger charge is 2.25. The SMILES string of the molecule is CSc1ccccc1NC(=O)N1CCN(C[C@H]2CCCO2)CC1. The van der Waals surface area contributed by atoms with Crippen LogP contribution in [-0.4, -0.2) is 67.5 Å². The number of nitrogens with zero attached hydrogens (tertiary/aromatic N) is 2. The Morgan fingerprint density at radius 3 is 2.78 bits per heavy atom. The Morgan fingerprint density at radius 2 is 2.09 bits per heavy atom. The van der Waals surface area contributed by atoms with E-state index < -0.39 is 0 Å². The number of piperazine rings is 1. The van der Waals surface area contributed by atoms with Crippen molar-refractivity contribution in [1.29, 1.82) is 0 Å². The maximum absolute atomic E-state index is 12.4. The second-order valence-electron chi connectivity index (χ2n) is 6.05. The summed E-state index contributed by atoms with van der Waals surface area (Å²) in [4.78, 5) is 17.9. The van der Waals surface area contributed by atoms with E-state index in [1.165, 1.54) is 12.8 Å². The molecule has 0 unspecified atom stereocenters. The van der Waals surface area contributed by atoms with Gasteiger partial charge in [0.1, 0.15) is 0 Å². The molecular formula is C17H25N3O2S. The van der Waals surface area contributed by atoms with E-state index in [1.54, 1.807) is 11.8 Å². The maximum atomic E-state index is 12.4. The van der Waals surface area contributed by atoms with E-state index >= 15 is 0 Å². The highest BCUT2D eigenvalue weighted by atomic mass is 32.2. The smallest absolute Gasteiger partial charge is 0.321 e. The summed E-state index contributed by atoms with van der Waals surface area (Å²) < 4.78 is 5.70. The third-order valence-corrected chi connectivity index (χ3v) is 5.29. The minimum atomic E-state index is 0.00302. The van der Waals surface area contributed by atoms with Gasteiger partial charge in [-0.25, -0.2) is 4.79 Å². The van der Waals surface area contributed by atoms with Crippen LogP contribution in [0.4, 0.5) is 10.5 Å². The van der Waals surface area contributed by atoms with Crippen LogP contribution >= 0.6 is 11.8 Å². The van der Waals surface area contributed by atoms with Crippen LogP contribution in [-0.2, 0) is 4.74 Å². The molecule has 0 saturated carbocycles. The van der Waals surface area contributed by atoms with Crippen LogP contribution in [0.1, 0.15) is 12.8 Å². The lowest BCUT2D eigenvalue weighted by Gasteiger charge is -2.35. The molecule has 0 bridgehead atoms. The fourth-order valence-electron chi connectivity index (χ4n) is 3.15. The van der Waals surface area contributed by atoms with Crippen LogP contribution in [0.25, 0.3) is 0 Å². The van der Waals surface area contributed by atoms with Gasteiger partial charge >= 0.3 is 6.03 Å². The second-order valence-corrected chi connectivity index (χ2v) is 6.90. The first-order chi connectivity index (χ1) is 11.3. The van der Waals surface area contributed by atoms with Gasteiger partial charge < -0.3 is 15.0 Å². The van der Waals surface area contributed by atoms with Crippen molar-refractivity contribution in [3.63, 3.8) is 0 Å². The molecule has 2 heterocycles. The molecular weight excluding hydrogens is 310 g/mol. The Labute approximate surface area is 142 Å². The summed E-state index contributed by atoms with van der Waals surface area (Å²) >= 11 is 1.65. The van der Waals surface area contributed by atoms with Crippen LogP contribution in [0.2, 0.25) is 0 Å². The lowest BCUT2D eigenvalue weighted by atomic mass is 10.2. The number of amides is 2. The van der Waals surface area contributed by atoms with Crippen LogP contribution in [0.15, 0.2) is 29.2 Å². The van der Waals surface area contributed by atoms with E-state index in [0.29, 0.717) is 6.10 Å². The monoisotopic (exact) mass is 335 g/mol. The molecule has 3 rings (SSSR count). The van der Waals surface area contributed by atoms with Crippen LogP contribution in [0, 0.1) is 0 Å². The van der Waals surface area contributed by atoms with E-state index in [-0.39, 0.29) is 6.03 Å². The zero-order valence-corrected chi connectivity index (χ0v) is 14.5. The molecule has 0 aromatic heterocycles. The second kappa shape index (κ2) is 8.04. The number of para-hydroxylation sites is 1. The Bertz CT molecular complexity index is 526. The zero-order valence-electron chi connectivity index (χ0n) is 13.7. The number of carbonyl (C=O) groups is 1. The molecule has 126 valence electrons. The van der Waals surface area contributed by atoms with Gasteiger partial charge in [-0.05, 0) is 31.2 Å². The predicted molar refractivity (Wildman–Crippen MR) is 94.2 cm³/mol. The molecule has 1 atom stereocenters. The molecule has 2 amide bonds. The summed E-state index contributed by atoms with van der Waals surface area (Å²) in [5.41, 5.74) is 0.895. The molecule has 0 radical (unpaired) electrons. The van der Waals surface area contributed by atoms with Gasteiger partial charge in [-0.2, -0.15) is 0 Å². The number of ether oxygens (including phenoxy) is 1. The summed E-state index contributed by atoms with van der Waals surface area (Å²) in [6.07, 6.45) is 4.77. The number of hydrogen-bond acceptors (Lipinski definition) is 4. The highest BCUT2D eigenvalue weighted by molar-refractivity contribution is 7.98. The highest BCUT2D eigenvalue weighted by Crippen LogP contribution is 2.25. The molecule has 2 saturated heterocycles. The number of rotatable bonds is 4. The van der Waals surface area contributed by atoms with E-state index in [4.69, 9.17) is 4.74 Å². The molecule has 1 aromatic carbocycles. The number of carbonyl (C=O) groups excluding carboxylic acids is 1. The van der Waals surface area contributed by atoms with Crippen molar-refractivity contribution < 1.29 is 9.53 Å². The molecule has 2 aliphatic heterocycles. The summed E-state index contributed by atoms with van der Waals surface area (Å²) in [5.74, 6) is 0. The number of thioether (sulfide) groups is 1. The number of urea groups is 1. The third-order valence-electron chi connectivity index (χ3n) is 4.49. The van der Waals surface area contributed by atoms with E-state index in [2.05, 4.69) is 10.2 Å². The first-order valence-electron chi connectivity index (χ1n) is 8.29. The Morgan fingerprint density at radius 1 is 1.30 bits per heavy atom. The normalized spacial score (nSPS) is 22.3. The topological polar surface area (TPSA) is 44.8 Å². The van der Waals surface area contributed by atoms with Gasteiger partial charge in [0.2, 0.25) is 0 Å². The molecule has 1 N–H and O–H groups in total. The summed E-state index contributed by atoms with van der Waals surface area (Å²) in [5, 5.41) is 3.04. The van der Waals surface area contributed by atoms with Crippen molar-refractivity contribution in [2.45, 2.75) is 23.8 Å². The molecule has 6 heteroatoms. The van der Waals surface area contributed by atoms with Gasteiger partial charge in [0.05, 0.1) is 11.8 Å². The van der Waals surface area contributed by atoms with Crippen molar-refractivity contribution in [2.75, 3.05) is 50.9 Å². The lowest BCUT2D eigenvalue weighted by molar-refractivity contribution is 0.0572. The number of hydrogen-bond donors (Lipinski definition) is 1. The van der Waals surface area contributed by atoms with E-state index in [0.717, 1.165) is 49.9 Å². The molecule has 23 heavy (non-hydrogen) atoms. The maximum Gasteiger partial charge on any atom is 0.321 e. The molecule has 0 aliphatic carbocycles. The van der Waals surface area contributed by atoms with Crippen molar-refractivity contribution in [2.24, 2.45) is 0 Å². The number of benzene rings is 1. The zero-order chi connectivity index (χ0) is 16.1. The Balaban J connectivity index is 1.48. The fourth-order valence-corrected chi connectivity index (χ4v) is 3.71. The number of nitrogens with one attached hydrogen (secondary N) is 1. The quantitative estimate of drug-likeness (QED) is 0.860. The van der Waals surface area contributed by atoms with Gasteiger partial charge in [0.25, 0.3) is 0 Å². The summed E-state index contributed by atoms with van der Waals surface area (Å²) in [7, 11) is 0. The van der Waals surface area contributed by atoms with Crippen molar-refractivity contribution in [3.8, 4) is 0 Å². The van der Waals surface area contributed by atoms with Crippen LogP contribution in [0.5, 0.6) is 0 Å². The molecule has 2 aliphatic rings. The third kappa shape index (κ3) is 4.40. The fraction of sp³-hybridized carbons (Fsp3) is 0.588. The summed E-state index contributed by atoms with van der Waals surface area (Å²) in [6, 6.07) is 7.93. The first-order valence-corrected chi connectivity index (χ1v) is 9.51. The van der Waals surface area contributed by atoms with Gasteiger partial charge in [0, 0.05) is 44.2 Å². The van der Waals surface area contributed by atoms with E-state index in [1.807, 2.05) is 35.4 Å². The molecule has 1 aromatic rings. The standard InChI is InChI=1S/C17H25N3O2S/c1-23-16-7-3-2-6-15(16)18-17(21)20-10-8-19(9-11-20)13-14-5-4-12-22-14/h2-3,6-7,14H,4-5,8-13H2,1H3,(H,18,21)/t14-/m1/s1. The van der Waals surface area contributed by atoms with Crippen LogP contribution < -0.4 is 5.32 Å². The van der Waals surface area contributed by atoms with Crippen molar-refractivity contribution in [1.82, 2.24) is 9.80 Å². The van der Waals surface area contributed by atoms with Gasteiger partial charge in [-0.15, -0.1) is 11.8 Å². The van der Waals surface area contributed by atoms with E-state index in [9.17, 15) is 4.79 Å². The minimum absolute atomic E-state index is 0.00302. The van der Waals surface area contributed by atoms with Gasteiger partial charge in [-0.3, -0.25) is 4.90 Å². The average Bonchev–Trinajstić information content (AvgIpc) is 3.09. The molecule has 5 nitrogen and oxygen atoms in total. The van der Waals surface area contributed by atoms with Crippen molar-refractivity contribution in [3.05, 3.63) is 24.3 Å². The summed E-state index contributed by atoms with van der Waals surface area (Å²) in [6.45, 7) is 5.32. The van der Waals surface area contributed by atoms with Gasteiger partial charge in [-0.1, -0.05) is 12.1 Å². The molecule has 2 fully saturated rings. The Hall–Kier alpha value is -1.24. The number of anilines is 1. The van der Waals surface area contributed by atoms with Crippen molar-refractivity contribution >= 4 is 23.5 Å². The predicted octanol–water partition coefficient (Wildman–Crippen LogP) is 2.74.